The zero-order valence-corrected chi connectivity index (χ0v) is 13.1. The summed E-state index contributed by atoms with van der Waals surface area (Å²) in [6.07, 6.45) is 2.95. The molecule has 1 N–H and O–H groups in total. The molecule has 1 aliphatic heterocycles. The lowest BCUT2D eigenvalue weighted by Gasteiger charge is -2.31. The van der Waals surface area contributed by atoms with Crippen LogP contribution in [0.4, 0.5) is 0 Å². The van der Waals surface area contributed by atoms with Gasteiger partial charge in [0.2, 0.25) is 5.91 Å². The molecule has 1 amide bonds. The normalized spacial score (nSPS) is 21.2. The molecule has 0 spiro atoms. The number of rotatable bonds is 7. The molecule has 116 valence electrons. The monoisotopic (exact) mass is 290 g/mol. The summed E-state index contributed by atoms with van der Waals surface area (Å²) in [5.41, 5.74) is -0.198. The highest BCUT2D eigenvalue weighted by Crippen LogP contribution is 2.32. The first kappa shape index (κ1) is 15.8. The maximum Gasteiger partial charge on any atom is 0.229 e. The average Bonchev–Trinajstić information content (AvgIpc) is 2.97. The van der Waals surface area contributed by atoms with Crippen molar-refractivity contribution >= 4 is 5.91 Å². The molecule has 0 radical (unpaired) electrons. The van der Waals surface area contributed by atoms with Gasteiger partial charge in [0.15, 0.2) is 0 Å². The molecule has 4 heteroatoms. The van der Waals surface area contributed by atoms with Crippen LogP contribution >= 0.6 is 0 Å². The zero-order valence-electron chi connectivity index (χ0n) is 13.1. The van der Waals surface area contributed by atoms with Gasteiger partial charge in [-0.2, -0.15) is 0 Å². The highest BCUT2D eigenvalue weighted by Gasteiger charge is 2.41. The van der Waals surface area contributed by atoms with Gasteiger partial charge in [-0.25, -0.2) is 0 Å². The Bertz CT molecular complexity index is 441. The van der Waals surface area contributed by atoms with Crippen molar-refractivity contribution in [2.45, 2.75) is 26.2 Å². The van der Waals surface area contributed by atoms with Crippen LogP contribution in [0.5, 0.6) is 5.75 Å². The van der Waals surface area contributed by atoms with Gasteiger partial charge in [-0.1, -0.05) is 31.5 Å². The third kappa shape index (κ3) is 3.97. The number of hydrogen-bond donors (Lipinski definition) is 1. The van der Waals surface area contributed by atoms with Gasteiger partial charge in [-0.05, 0) is 31.5 Å². The second kappa shape index (κ2) is 7.46. The number of hydrogen-bond acceptors (Lipinski definition) is 3. The van der Waals surface area contributed by atoms with Crippen molar-refractivity contribution in [1.29, 1.82) is 0 Å². The van der Waals surface area contributed by atoms with Crippen molar-refractivity contribution in [2.75, 3.05) is 33.3 Å². The molecule has 21 heavy (non-hydrogen) atoms. The molecule has 0 bridgehead atoms. The summed E-state index contributed by atoms with van der Waals surface area (Å²) in [5, 5.41) is 3.34. The molecule has 1 aromatic rings. The highest BCUT2D eigenvalue weighted by molar-refractivity contribution is 5.83. The van der Waals surface area contributed by atoms with E-state index < -0.39 is 0 Å². The van der Waals surface area contributed by atoms with Crippen LogP contribution in [0, 0.1) is 5.41 Å². The van der Waals surface area contributed by atoms with E-state index in [0.717, 1.165) is 38.1 Å². The Morgan fingerprint density at radius 2 is 2.14 bits per heavy atom. The standard InChI is InChI=1S/C17H26N2O2/c1-3-9-17(10-11-18-14-17)16(20)19(2)12-13-21-15-7-5-4-6-8-15/h4-8,18H,3,9-14H2,1-2H3. The van der Waals surface area contributed by atoms with Crippen molar-refractivity contribution < 1.29 is 9.53 Å². The number of carbonyl (C=O) groups is 1. The molecule has 1 aromatic carbocycles. The van der Waals surface area contributed by atoms with Crippen molar-refractivity contribution in [2.24, 2.45) is 5.41 Å². The molecule has 1 fully saturated rings. The Morgan fingerprint density at radius 1 is 1.38 bits per heavy atom. The van der Waals surface area contributed by atoms with Gasteiger partial charge >= 0.3 is 0 Å². The third-order valence-electron chi connectivity index (χ3n) is 4.21. The Kier molecular flexibility index (Phi) is 5.62. The molecule has 1 aliphatic rings. The number of para-hydroxylation sites is 1. The average molecular weight is 290 g/mol. The van der Waals surface area contributed by atoms with E-state index in [1.165, 1.54) is 0 Å². The molecule has 0 aromatic heterocycles. The second-order valence-corrected chi connectivity index (χ2v) is 5.85. The predicted molar refractivity (Wildman–Crippen MR) is 84.4 cm³/mol. The third-order valence-corrected chi connectivity index (χ3v) is 4.21. The van der Waals surface area contributed by atoms with Crippen LogP contribution in [-0.4, -0.2) is 44.1 Å². The number of nitrogens with one attached hydrogen (secondary N) is 1. The highest BCUT2D eigenvalue weighted by atomic mass is 16.5. The van der Waals surface area contributed by atoms with E-state index in [1.54, 1.807) is 0 Å². The maximum atomic E-state index is 12.7. The fourth-order valence-electron chi connectivity index (χ4n) is 3.05. The molecule has 1 saturated heterocycles. The summed E-state index contributed by atoms with van der Waals surface area (Å²) in [4.78, 5) is 14.6. The largest absolute Gasteiger partial charge is 0.492 e. The predicted octanol–water partition coefficient (Wildman–Crippen LogP) is 2.30. The lowest BCUT2D eigenvalue weighted by molar-refractivity contribution is -0.140. The molecule has 1 unspecified atom stereocenters. The van der Waals surface area contributed by atoms with Crippen molar-refractivity contribution in [3.8, 4) is 5.75 Å². The lowest BCUT2D eigenvalue weighted by Crippen LogP contribution is -2.44. The lowest BCUT2D eigenvalue weighted by atomic mass is 9.81. The number of likely N-dealkylation sites (N-methyl/N-ethyl adjacent to an activating group) is 1. The Labute approximate surface area is 127 Å². The smallest absolute Gasteiger partial charge is 0.229 e. The summed E-state index contributed by atoms with van der Waals surface area (Å²) in [5.74, 6) is 1.11. The first-order valence-electron chi connectivity index (χ1n) is 7.82. The van der Waals surface area contributed by atoms with Crippen molar-refractivity contribution in [3.05, 3.63) is 30.3 Å². The minimum Gasteiger partial charge on any atom is -0.492 e. The number of carbonyl (C=O) groups excluding carboxylic acids is 1. The van der Waals surface area contributed by atoms with E-state index in [4.69, 9.17) is 4.74 Å². The summed E-state index contributed by atoms with van der Waals surface area (Å²) >= 11 is 0. The van der Waals surface area contributed by atoms with E-state index in [1.807, 2.05) is 42.3 Å². The van der Waals surface area contributed by atoms with Crippen LogP contribution in [0.3, 0.4) is 0 Å². The zero-order chi connectivity index (χ0) is 15.1. The Morgan fingerprint density at radius 3 is 2.76 bits per heavy atom. The summed E-state index contributed by atoms with van der Waals surface area (Å²) in [6, 6.07) is 9.72. The van der Waals surface area contributed by atoms with Gasteiger partial charge in [0, 0.05) is 13.6 Å². The van der Waals surface area contributed by atoms with Crippen LogP contribution in [0.2, 0.25) is 0 Å². The van der Waals surface area contributed by atoms with E-state index in [0.29, 0.717) is 13.2 Å². The summed E-state index contributed by atoms with van der Waals surface area (Å²) in [7, 11) is 1.88. The van der Waals surface area contributed by atoms with Crippen LogP contribution < -0.4 is 10.1 Å². The fraction of sp³-hybridized carbons (Fsp3) is 0.588. The first-order chi connectivity index (χ1) is 10.2. The molecule has 2 rings (SSSR count). The van der Waals surface area contributed by atoms with Crippen molar-refractivity contribution in [3.63, 3.8) is 0 Å². The van der Waals surface area contributed by atoms with Crippen molar-refractivity contribution in [1.82, 2.24) is 10.2 Å². The van der Waals surface area contributed by atoms with Gasteiger partial charge in [0.05, 0.1) is 12.0 Å². The second-order valence-electron chi connectivity index (χ2n) is 5.85. The first-order valence-corrected chi connectivity index (χ1v) is 7.82. The van der Waals surface area contributed by atoms with Gasteiger partial charge in [-0.3, -0.25) is 4.79 Å². The number of benzene rings is 1. The summed E-state index contributed by atoms with van der Waals surface area (Å²) < 4.78 is 5.67. The van der Waals surface area contributed by atoms with Gasteiger partial charge in [-0.15, -0.1) is 0 Å². The number of amides is 1. The molecule has 0 saturated carbocycles. The number of nitrogens with zero attached hydrogens (tertiary/aromatic N) is 1. The molecule has 4 nitrogen and oxygen atoms in total. The maximum absolute atomic E-state index is 12.7. The van der Waals surface area contributed by atoms with E-state index in [-0.39, 0.29) is 11.3 Å². The SMILES string of the molecule is CCCC1(C(=O)N(C)CCOc2ccccc2)CCNC1. The van der Waals surface area contributed by atoms with Crippen LogP contribution in [0.1, 0.15) is 26.2 Å². The quantitative estimate of drug-likeness (QED) is 0.838. The Hall–Kier alpha value is -1.55. The van der Waals surface area contributed by atoms with E-state index in [2.05, 4.69) is 12.2 Å². The minimum absolute atomic E-state index is 0.198. The van der Waals surface area contributed by atoms with Gasteiger partial charge in [0.1, 0.15) is 12.4 Å². The molecule has 0 aliphatic carbocycles. The molecule has 1 heterocycles. The molecular formula is C17H26N2O2. The molecule has 1 atom stereocenters. The van der Waals surface area contributed by atoms with Crippen LogP contribution in [0.25, 0.3) is 0 Å². The Balaban J connectivity index is 1.84. The van der Waals surface area contributed by atoms with Gasteiger partial charge < -0.3 is 15.0 Å². The molecular weight excluding hydrogens is 264 g/mol. The number of ether oxygens (including phenoxy) is 1. The van der Waals surface area contributed by atoms with E-state index in [9.17, 15) is 4.79 Å². The topological polar surface area (TPSA) is 41.6 Å². The minimum atomic E-state index is -0.198. The summed E-state index contributed by atoms with van der Waals surface area (Å²) in [6.45, 7) is 5.05. The van der Waals surface area contributed by atoms with Crippen LogP contribution in [0.15, 0.2) is 30.3 Å². The van der Waals surface area contributed by atoms with Gasteiger partial charge in [0.25, 0.3) is 0 Å². The van der Waals surface area contributed by atoms with E-state index >= 15 is 0 Å². The fourth-order valence-corrected chi connectivity index (χ4v) is 3.05. The van der Waals surface area contributed by atoms with Crippen LogP contribution in [-0.2, 0) is 4.79 Å².